The van der Waals surface area contributed by atoms with Gasteiger partial charge in [-0.3, -0.25) is 0 Å². The number of carboxylic acid groups (broad SMARTS) is 1. The summed E-state index contributed by atoms with van der Waals surface area (Å²) >= 11 is 4.75. The largest absolute Gasteiger partial charge is 0.477 e. The number of carbonyl (C=O) groups is 1. The van der Waals surface area contributed by atoms with Crippen molar-refractivity contribution >= 4 is 33.2 Å². The number of halogens is 1. The number of aryl methyl sites for hydroxylation is 1. The van der Waals surface area contributed by atoms with E-state index in [2.05, 4.69) is 20.9 Å². The van der Waals surface area contributed by atoms with Crippen LogP contribution in [0, 0.1) is 6.92 Å². The van der Waals surface area contributed by atoms with E-state index in [1.54, 1.807) is 0 Å². The predicted molar refractivity (Wildman–Crippen MR) is 85.6 cm³/mol. The summed E-state index contributed by atoms with van der Waals surface area (Å²) in [7, 11) is 0. The van der Waals surface area contributed by atoms with Crippen LogP contribution in [0.2, 0.25) is 0 Å². The van der Waals surface area contributed by atoms with E-state index >= 15 is 0 Å². The molecular weight excluding hydrogens is 338 g/mol. The summed E-state index contributed by atoms with van der Waals surface area (Å²) in [5.74, 6) is -0.915. The predicted octanol–water partition coefficient (Wildman–Crippen LogP) is 4.88. The van der Waals surface area contributed by atoms with Crippen LogP contribution in [-0.2, 0) is 5.41 Å². The van der Waals surface area contributed by atoms with Crippen LogP contribution in [-0.4, -0.2) is 16.1 Å². The molecule has 1 heterocycles. The molecule has 0 amide bonds. The number of aromatic nitrogens is 1. The first kappa shape index (κ1) is 15.2. The molecule has 0 saturated heterocycles. The quantitative estimate of drug-likeness (QED) is 0.837. The lowest BCUT2D eigenvalue weighted by Crippen LogP contribution is -2.16. The molecule has 0 atom stereocenters. The average molecular weight is 354 g/mol. The van der Waals surface area contributed by atoms with Crippen LogP contribution in [0.15, 0.2) is 22.7 Å². The molecule has 5 heteroatoms. The molecule has 0 unspecified atom stereocenters. The van der Waals surface area contributed by atoms with Gasteiger partial charge in [-0.1, -0.05) is 48.8 Å². The molecule has 0 aliphatic carbocycles. The molecule has 2 aromatic rings. The highest BCUT2D eigenvalue weighted by atomic mass is 79.9. The van der Waals surface area contributed by atoms with Gasteiger partial charge in [0, 0.05) is 15.5 Å². The monoisotopic (exact) mass is 353 g/mol. The molecule has 20 heavy (non-hydrogen) atoms. The van der Waals surface area contributed by atoms with E-state index in [1.807, 2.05) is 45.9 Å². The lowest BCUT2D eigenvalue weighted by atomic mass is 9.91. The third-order valence-corrected chi connectivity index (χ3v) is 4.62. The molecule has 0 radical (unpaired) electrons. The Morgan fingerprint density at radius 3 is 2.45 bits per heavy atom. The highest BCUT2D eigenvalue weighted by molar-refractivity contribution is 9.10. The Bertz CT molecular complexity index is 671. The molecule has 0 fully saturated rings. The molecule has 1 aromatic heterocycles. The molecule has 0 aliphatic heterocycles. The number of hydrogen-bond acceptors (Lipinski definition) is 3. The molecule has 0 aliphatic rings. The van der Waals surface area contributed by atoms with Gasteiger partial charge in [-0.15, -0.1) is 11.3 Å². The zero-order valence-electron chi connectivity index (χ0n) is 11.8. The average Bonchev–Trinajstić information content (AvgIpc) is 2.73. The second kappa shape index (κ2) is 5.30. The van der Waals surface area contributed by atoms with Crippen LogP contribution in [0.4, 0.5) is 0 Å². The lowest BCUT2D eigenvalue weighted by molar-refractivity contribution is 0.0699. The van der Waals surface area contributed by atoms with E-state index < -0.39 is 5.97 Å². The lowest BCUT2D eigenvalue weighted by Gasteiger charge is -2.16. The zero-order chi connectivity index (χ0) is 15.1. The Labute approximate surface area is 130 Å². The van der Waals surface area contributed by atoms with Crippen molar-refractivity contribution < 1.29 is 9.90 Å². The summed E-state index contributed by atoms with van der Waals surface area (Å²) in [6, 6.07) is 5.98. The Hall–Kier alpha value is -1.20. The van der Waals surface area contributed by atoms with Crippen molar-refractivity contribution in [1.29, 1.82) is 0 Å². The normalized spacial score (nSPS) is 11.7. The van der Waals surface area contributed by atoms with Gasteiger partial charge < -0.3 is 5.11 Å². The van der Waals surface area contributed by atoms with Crippen LogP contribution in [0.25, 0.3) is 10.6 Å². The molecule has 2 rings (SSSR count). The van der Waals surface area contributed by atoms with Crippen LogP contribution in [0.5, 0.6) is 0 Å². The van der Waals surface area contributed by atoms with E-state index in [0.717, 1.165) is 20.6 Å². The van der Waals surface area contributed by atoms with Crippen LogP contribution in [0.1, 0.15) is 41.7 Å². The van der Waals surface area contributed by atoms with Gasteiger partial charge in [0.2, 0.25) is 0 Å². The van der Waals surface area contributed by atoms with Crippen molar-refractivity contribution in [3.8, 4) is 10.6 Å². The smallest absolute Gasteiger partial charge is 0.347 e. The van der Waals surface area contributed by atoms with Gasteiger partial charge in [0.15, 0.2) is 0 Å². The summed E-state index contributed by atoms with van der Waals surface area (Å²) in [6.45, 7) is 7.94. The number of hydrogen-bond donors (Lipinski definition) is 1. The van der Waals surface area contributed by atoms with Crippen molar-refractivity contribution in [2.45, 2.75) is 33.1 Å². The molecule has 3 nitrogen and oxygen atoms in total. The number of nitrogens with zero attached hydrogens (tertiary/aromatic N) is 1. The van der Waals surface area contributed by atoms with Gasteiger partial charge in [0.1, 0.15) is 9.88 Å². The first-order chi connectivity index (χ1) is 9.20. The summed E-state index contributed by atoms with van der Waals surface area (Å²) in [6.07, 6.45) is 0. The topological polar surface area (TPSA) is 50.2 Å². The van der Waals surface area contributed by atoms with Crippen LogP contribution in [0.3, 0.4) is 0 Å². The number of aromatic carboxylic acids is 1. The van der Waals surface area contributed by atoms with Crippen molar-refractivity contribution in [3.63, 3.8) is 0 Å². The van der Waals surface area contributed by atoms with Gasteiger partial charge in [-0.25, -0.2) is 9.78 Å². The Morgan fingerprint density at radius 2 is 2.00 bits per heavy atom. The summed E-state index contributed by atoms with van der Waals surface area (Å²) in [5, 5.41) is 10.1. The third-order valence-electron chi connectivity index (χ3n) is 2.89. The first-order valence-corrected chi connectivity index (χ1v) is 7.82. The third kappa shape index (κ3) is 2.94. The number of thiazole rings is 1. The fraction of sp³-hybridized carbons (Fsp3) is 0.333. The molecule has 1 N–H and O–H groups in total. The maximum atomic E-state index is 11.4. The SMILES string of the molecule is Cc1ccc(-c2nc(C(C)(C)C)c(C(=O)O)s2)c(Br)c1. The second-order valence-electron chi connectivity index (χ2n) is 5.74. The van der Waals surface area contributed by atoms with E-state index in [4.69, 9.17) is 0 Å². The van der Waals surface area contributed by atoms with E-state index in [0.29, 0.717) is 10.6 Å². The summed E-state index contributed by atoms with van der Waals surface area (Å²) in [5.41, 5.74) is 2.42. The van der Waals surface area contributed by atoms with Gasteiger partial charge in [0.05, 0.1) is 5.69 Å². The van der Waals surface area contributed by atoms with Crippen molar-refractivity contribution in [1.82, 2.24) is 4.98 Å². The van der Waals surface area contributed by atoms with Crippen molar-refractivity contribution in [2.75, 3.05) is 0 Å². The van der Waals surface area contributed by atoms with E-state index in [9.17, 15) is 9.90 Å². The minimum absolute atomic E-state index is 0.292. The van der Waals surface area contributed by atoms with Crippen LogP contribution < -0.4 is 0 Å². The minimum atomic E-state index is -0.915. The highest BCUT2D eigenvalue weighted by Crippen LogP contribution is 2.37. The Morgan fingerprint density at radius 1 is 1.35 bits per heavy atom. The molecule has 0 spiro atoms. The fourth-order valence-corrected chi connectivity index (χ4v) is 3.85. The Balaban J connectivity index is 2.62. The first-order valence-electron chi connectivity index (χ1n) is 6.21. The zero-order valence-corrected chi connectivity index (χ0v) is 14.2. The summed E-state index contributed by atoms with van der Waals surface area (Å²) in [4.78, 5) is 16.3. The standard InChI is InChI=1S/C15H16BrNO2S/c1-8-5-6-9(10(16)7-8)13-17-12(15(2,3)4)11(20-13)14(18)19/h5-7H,1-4H3,(H,18,19). The van der Waals surface area contributed by atoms with Gasteiger partial charge in [-0.05, 0) is 18.6 Å². The highest BCUT2D eigenvalue weighted by Gasteiger charge is 2.27. The fourth-order valence-electron chi connectivity index (χ4n) is 1.88. The van der Waals surface area contributed by atoms with Crippen LogP contribution >= 0.6 is 27.3 Å². The van der Waals surface area contributed by atoms with Crippen molar-refractivity contribution in [2.24, 2.45) is 0 Å². The molecule has 0 saturated carbocycles. The maximum Gasteiger partial charge on any atom is 0.347 e. The van der Waals surface area contributed by atoms with E-state index in [1.165, 1.54) is 11.3 Å². The minimum Gasteiger partial charge on any atom is -0.477 e. The second-order valence-corrected chi connectivity index (χ2v) is 7.59. The number of rotatable bonds is 2. The Kier molecular flexibility index (Phi) is 4.02. The molecule has 106 valence electrons. The number of carboxylic acids is 1. The van der Waals surface area contributed by atoms with Crippen molar-refractivity contribution in [3.05, 3.63) is 38.8 Å². The summed E-state index contributed by atoms with van der Waals surface area (Å²) < 4.78 is 0.934. The maximum absolute atomic E-state index is 11.4. The molecule has 0 bridgehead atoms. The number of benzene rings is 1. The molecule has 1 aromatic carbocycles. The van der Waals surface area contributed by atoms with E-state index in [-0.39, 0.29) is 5.41 Å². The molecular formula is C15H16BrNO2S. The van der Waals surface area contributed by atoms with Gasteiger partial charge >= 0.3 is 5.97 Å². The van der Waals surface area contributed by atoms with Gasteiger partial charge in [0.25, 0.3) is 0 Å². The van der Waals surface area contributed by atoms with Gasteiger partial charge in [-0.2, -0.15) is 0 Å².